The second-order valence-corrected chi connectivity index (χ2v) is 2.05. The molecule has 0 fully saturated rings. The summed E-state index contributed by atoms with van der Waals surface area (Å²) in [5.74, 6) is -0.468. The first-order valence-corrected chi connectivity index (χ1v) is 3.43. The maximum atomic E-state index is 10.8. The van der Waals surface area contributed by atoms with E-state index in [9.17, 15) is 4.79 Å². The lowest BCUT2D eigenvalue weighted by Crippen LogP contribution is -2.17. The van der Waals surface area contributed by atoms with Crippen molar-refractivity contribution < 1.29 is 9.53 Å². The van der Waals surface area contributed by atoms with Crippen molar-refractivity contribution in [2.75, 3.05) is 6.61 Å². The molecule has 0 saturated carbocycles. The van der Waals surface area contributed by atoms with E-state index in [1.54, 1.807) is 0 Å². The van der Waals surface area contributed by atoms with E-state index >= 15 is 0 Å². The predicted octanol–water partition coefficient (Wildman–Crippen LogP) is 1.64. The lowest BCUT2D eigenvalue weighted by Gasteiger charge is -2.03. The van der Waals surface area contributed by atoms with Crippen LogP contribution in [0.2, 0.25) is 0 Å². The van der Waals surface area contributed by atoms with Crippen molar-refractivity contribution in [2.24, 2.45) is 5.11 Å². The van der Waals surface area contributed by atoms with E-state index in [0.29, 0.717) is 6.61 Å². The van der Waals surface area contributed by atoms with Gasteiger partial charge in [-0.2, -0.15) is 0 Å². The Labute approximate surface area is 65.0 Å². The molecule has 5 nitrogen and oxygen atoms in total. The standard InChI is InChI=1S/C6H11N3O2/c1-3-4-11-6(10)5(2)8-9-7/h5H,3-4H2,1-2H3. The fraction of sp³-hybridized carbons (Fsp3) is 0.833. The minimum atomic E-state index is -0.716. The van der Waals surface area contributed by atoms with Crippen molar-refractivity contribution in [3.63, 3.8) is 0 Å². The highest BCUT2D eigenvalue weighted by molar-refractivity contribution is 5.75. The molecule has 11 heavy (non-hydrogen) atoms. The van der Waals surface area contributed by atoms with Crippen molar-refractivity contribution >= 4 is 5.97 Å². The number of carbonyl (C=O) groups is 1. The first-order valence-electron chi connectivity index (χ1n) is 3.43. The topological polar surface area (TPSA) is 75.1 Å². The summed E-state index contributed by atoms with van der Waals surface area (Å²) in [5.41, 5.74) is 7.96. The minimum absolute atomic E-state index is 0.379. The fourth-order valence-electron chi connectivity index (χ4n) is 0.448. The molecule has 0 aromatic rings. The zero-order chi connectivity index (χ0) is 8.69. The van der Waals surface area contributed by atoms with Crippen LogP contribution in [0.5, 0.6) is 0 Å². The average molecular weight is 157 g/mol. The number of azide groups is 1. The highest BCUT2D eigenvalue weighted by Gasteiger charge is 2.10. The maximum absolute atomic E-state index is 10.8. The molecule has 1 unspecified atom stereocenters. The van der Waals surface area contributed by atoms with Gasteiger partial charge in [-0.25, -0.2) is 0 Å². The van der Waals surface area contributed by atoms with E-state index < -0.39 is 12.0 Å². The number of carbonyl (C=O) groups excluding carboxylic acids is 1. The molecule has 5 heteroatoms. The molecule has 1 atom stereocenters. The lowest BCUT2D eigenvalue weighted by molar-refractivity contribution is -0.144. The van der Waals surface area contributed by atoms with Gasteiger partial charge < -0.3 is 4.74 Å². The summed E-state index contributed by atoms with van der Waals surface area (Å²) in [4.78, 5) is 13.3. The van der Waals surface area contributed by atoms with Crippen molar-refractivity contribution in [2.45, 2.75) is 26.3 Å². The van der Waals surface area contributed by atoms with Crippen LogP contribution in [0, 0.1) is 0 Å². The molecule has 0 aliphatic heterocycles. The molecule has 0 aliphatic rings. The number of rotatable bonds is 4. The van der Waals surface area contributed by atoms with E-state index in [4.69, 9.17) is 10.3 Å². The van der Waals surface area contributed by atoms with Gasteiger partial charge in [0, 0.05) is 4.91 Å². The Morgan fingerprint density at radius 3 is 2.91 bits per heavy atom. The molecule has 0 saturated heterocycles. The average Bonchev–Trinajstić information content (AvgIpc) is 2.00. The van der Waals surface area contributed by atoms with Gasteiger partial charge in [-0.15, -0.1) is 0 Å². The Morgan fingerprint density at radius 2 is 2.45 bits per heavy atom. The van der Waals surface area contributed by atoms with Crippen LogP contribution in [0.1, 0.15) is 20.3 Å². The first kappa shape index (κ1) is 9.78. The van der Waals surface area contributed by atoms with Crippen LogP contribution in [0.3, 0.4) is 0 Å². The monoisotopic (exact) mass is 157 g/mol. The highest BCUT2D eigenvalue weighted by atomic mass is 16.5. The van der Waals surface area contributed by atoms with E-state index in [0.717, 1.165) is 6.42 Å². The van der Waals surface area contributed by atoms with E-state index in [2.05, 4.69) is 10.0 Å². The SMILES string of the molecule is CCCOC(=O)C(C)N=[N+]=[N-]. The molecule has 0 aromatic carbocycles. The molecule has 0 aliphatic carbocycles. The number of hydrogen-bond donors (Lipinski definition) is 0. The van der Waals surface area contributed by atoms with E-state index in [1.165, 1.54) is 6.92 Å². The molecule has 0 aromatic heterocycles. The van der Waals surface area contributed by atoms with Crippen molar-refractivity contribution in [3.05, 3.63) is 10.4 Å². The molecule has 0 N–H and O–H groups in total. The maximum Gasteiger partial charge on any atom is 0.314 e. The largest absolute Gasteiger partial charge is 0.465 e. The Bertz CT molecular complexity index is 175. The van der Waals surface area contributed by atoms with Gasteiger partial charge in [0.05, 0.1) is 6.61 Å². The van der Waals surface area contributed by atoms with Gasteiger partial charge in [-0.1, -0.05) is 12.0 Å². The number of ether oxygens (including phenoxy) is 1. The number of hydrogen-bond acceptors (Lipinski definition) is 3. The second kappa shape index (κ2) is 5.56. The Kier molecular flexibility index (Phi) is 4.94. The first-order chi connectivity index (χ1) is 5.22. The molecule has 0 radical (unpaired) electrons. The summed E-state index contributed by atoms with van der Waals surface area (Å²) in [6, 6.07) is -0.716. The second-order valence-electron chi connectivity index (χ2n) is 2.05. The van der Waals surface area contributed by atoms with Crippen molar-refractivity contribution in [1.82, 2.24) is 0 Å². The predicted molar refractivity (Wildman–Crippen MR) is 39.9 cm³/mol. The van der Waals surface area contributed by atoms with Crippen LogP contribution >= 0.6 is 0 Å². The van der Waals surface area contributed by atoms with Crippen LogP contribution in [-0.4, -0.2) is 18.6 Å². The van der Waals surface area contributed by atoms with Crippen molar-refractivity contribution in [3.8, 4) is 0 Å². The molecule has 62 valence electrons. The van der Waals surface area contributed by atoms with Gasteiger partial charge in [-0.05, 0) is 18.9 Å². The van der Waals surface area contributed by atoms with Crippen LogP contribution < -0.4 is 0 Å². The fourth-order valence-corrected chi connectivity index (χ4v) is 0.448. The third-order valence-electron chi connectivity index (χ3n) is 1.01. The zero-order valence-corrected chi connectivity index (χ0v) is 6.65. The van der Waals surface area contributed by atoms with Crippen LogP contribution in [0.4, 0.5) is 0 Å². The Hall–Kier alpha value is -1.22. The minimum Gasteiger partial charge on any atom is -0.465 e. The molecular formula is C6H11N3O2. The zero-order valence-electron chi connectivity index (χ0n) is 6.65. The summed E-state index contributed by atoms with van der Waals surface area (Å²) in [6.07, 6.45) is 0.773. The normalized spacial score (nSPS) is 11.5. The smallest absolute Gasteiger partial charge is 0.314 e. The quantitative estimate of drug-likeness (QED) is 0.269. The van der Waals surface area contributed by atoms with Gasteiger partial charge in [0.2, 0.25) is 0 Å². The summed E-state index contributed by atoms with van der Waals surface area (Å²) < 4.78 is 4.70. The Morgan fingerprint density at radius 1 is 1.82 bits per heavy atom. The summed E-state index contributed by atoms with van der Waals surface area (Å²) in [6.45, 7) is 3.77. The lowest BCUT2D eigenvalue weighted by atomic mass is 10.4. The van der Waals surface area contributed by atoms with Crippen LogP contribution in [-0.2, 0) is 9.53 Å². The third kappa shape index (κ3) is 4.22. The van der Waals surface area contributed by atoms with Gasteiger partial charge in [0.15, 0.2) is 0 Å². The van der Waals surface area contributed by atoms with Gasteiger partial charge >= 0.3 is 5.97 Å². The molecule has 0 amide bonds. The number of esters is 1. The molecule has 0 heterocycles. The van der Waals surface area contributed by atoms with Gasteiger partial charge in [0.25, 0.3) is 0 Å². The van der Waals surface area contributed by atoms with E-state index in [1.807, 2.05) is 6.92 Å². The summed E-state index contributed by atoms with van der Waals surface area (Å²) in [7, 11) is 0. The molecule has 0 rings (SSSR count). The molecule has 0 spiro atoms. The van der Waals surface area contributed by atoms with Crippen LogP contribution in [0.15, 0.2) is 5.11 Å². The summed E-state index contributed by atoms with van der Waals surface area (Å²) in [5, 5.41) is 3.18. The highest BCUT2D eigenvalue weighted by Crippen LogP contribution is 1.94. The van der Waals surface area contributed by atoms with Crippen LogP contribution in [0.25, 0.3) is 10.4 Å². The third-order valence-corrected chi connectivity index (χ3v) is 1.01. The Balaban J connectivity index is 3.73. The summed E-state index contributed by atoms with van der Waals surface area (Å²) >= 11 is 0. The van der Waals surface area contributed by atoms with Gasteiger partial charge in [0.1, 0.15) is 6.04 Å². The molecular weight excluding hydrogens is 146 g/mol. The van der Waals surface area contributed by atoms with Gasteiger partial charge in [-0.3, -0.25) is 4.79 Å². The number of nitrogens with zero attached hydrogens (tertiary/aromatic N) is 3. The van der Waals surface area contributed by atoms with Crippen molar-refractivity contribution in [1.29, 1.82) is 0 Å². The van der Waals surface area contributed by atoms with E-state index in [-0.39, 0.29) is 0 Å². The molecule has 0 bridgehead atoms.